The molecule has 0 saturated carbocycles. The molecule has 4 nitrogen and oxygen atoms in total. The number of nitrogens with one attached hydrogen (secondary N) is 2. The summed E-state index contributed by atoms with van der Waals surface area (Å²) >= 11 is 0. The van der Waals surface area contributed by atoms with Gasteiger partial charge in [0.05, 0.1) is 0 Å². The van der Waals surface area contributed by atoms with Crippen LogP contribution in [0.25, 0.3) is 0 Å². The predicted molar refractivity (Wildman–Crippen MR) is 71.1 cm³/mol. The van der Waals surface area contributed by atoms with E-state index < -0.39 is 6.04 Å². The molecule has 98 valence electrons. The first kappa shape index (κ1) is 14.2. The Morgan fingerprint density at radius 3 is 2.50 bits per heavy atom. The Bertz CT molecular complexity index is 390. The highest BCUT2D eigenvalue weighted by molar-refractivity contribution is 5.86. The minimum absolute atomic E-state index is 0.140. The summed E-state index contributed by atoms with van der Waals surface area (Å²) in [5.41, 5.74) is 1.27. The molecule has 0 radical (unpaired) electrons. The van der Waals surface area contributed by atoms with Crippen LogP contribution in [0.4, 0.5) is 0 Å². The molecule has 1 aromatic rings. The largest absolute Gasteiger partial charge is 0.354 e. The summed E-state index contributed by atoms with van der Waals surface area (Å²) in [5, 5.41) is 5.35. The lowest BCUT2D eigenvalue weighted by molar-refractivity contribution is -0.127. The van der Waals surface area contributed by atoms with Gasteiger partial charge in [-0.3, -0.25) is 9.59 Å². The van der Waals surface area contributed by atoms with Crippen molar-refractivity contribution in [3.05, 3.63) is 35.9 Å². The Kier molecular flexibility index (Phi) is 5.91. The molecule has 0 spiro atoms. The predicted octanol–water partition coefficient (Wildman–Crippen LogP) is 1.26. The van der Waals surface area contributed by atoms with Crippen LogP contribution in [-0.2, 0) is 16.0 Å². The average Bonchev–Trinajstić information content (AvgIpc) is 2.34. The van der Waals surface area contributed by atoms with E-state index in [4.69, 9.17) is 0 Å². The quantitative estimate of drug-likeness (QED) is 0.745. The fourth-order valence-corrected chi connectivity index (χ4v) is 1.67. The molecule has 0 saturated heterocycles. The average molecular weight is 248 g/mol. The minimum Gasteiger partial charge on any atom is -0.354 e. The van der Waals surface area contributed by atoms with Crippen molar-refractivity contribution in [2.75, 3.05) is 6.54 Å². The van der Waals surface area contributed by atoms with Crippen molar-refractivity contribution in [1.29, 1.82) is 0 Å². The van der Waals surface area contributed by atoms with Gasteiger partial charge in [-0.25, -0.2) is 0 Å². The number of rotatable bonds is 6. The molecular weight excluding hydrogens is 228 g/mol. The van der Waals surface area contributed by atoms with Crippen molar-refractivity contribution in [3.8, 4) is 0 Å². The molecule has 0 aliphatic heterocycles. The van der Waals surface area contributed by atoms with Gasteiger partial charge in [0.1, 0.15) is 6.04 Å². The second kappa shape index (κ2) is 7.48. The summed E-state index contributed by atoms with van der Waals surface area (Å²) in [6.07, 6.45) is 1.83. The summed E-state index contributed by atoms with van der Waals surface area (Å²) < 4.78 is 0. The minimum atomic E-state index is -0.473. The summed E-state index contributed by atoms with van der Waals surface area (Å²) in [5.74, 6) is -0.333. The zero-order valence-corrected chi connectivity index (χ0v) is 10.9. The Balaban J connectivity index is 2.18. The number of amides is 2. The van der Waals surface area contributed by atoms with Crippen molar-refractivity contribution in [2.24, 2.45) is 0 Å². The fourth-order valence-electron chi connectivity index (χ4n) is 1.67. The van der Waals surface area contributed by atoms with E-state index in [1.54, 1.807) is 6.92 Å². The second-order valence-corrected chi connectivity index (χ2v) is 4.30. The van der Waals surface area contributed by atoms with Crippen molar-refractivity contribution in [1.82, 2.24) is 10.6 Å². The molecule has 1 aromatic carbocycles. The SMILES string of the molecule is CC(=O)NC(C)C(=O)NCCCc1ccccc1. The molecule has 1 unspecified atom stereocenters. The van der Waals surface area contributed by atoms with Gasteiger partial charge in [0.2, 0.25) is 11.8 Å². The molecule has 0 fully saturated rings. The third-order valence-electron chi connectivity index (χ3n) is 2.60. The van der Waals surface area contributed by atoms with Crippen molar-refractivity contribution < 1.29 is 9.59 Å². The number of hydrogen-bond donors (Lipinski definition) is 2. The van der Waals surface area contributed by atoms with Gasteiger partial charge in [-0.2, -0.15) is 0 Å². The topological polar surface area (TPSA) is 58.2 Å². The van der Waals surface area contributed by atoms with Gasteiger partial charge >= 0.3 is 0 Å². The zero-order valence-electron chi connectivity index (χ0n) is 10.9. The molecular formula is C14H20N2O2. The van der Waals surface area contributed by atoms with Gasteiger partial charge < -0.3 is 10.6 Å². The molecule has 0 aromatic heterocycles. The number of benzene rings is 1. The molecule has 0 aliphatic carbocycles. The lowest BCUT2D eigenvalue weighted by Crippen LogP contribution is -2.44. The molecule has 0 heterocycles. The highest BCUT2D eigenvalue weighted by Crippen LogP contribution is 2.01. The number of carbonyl (C=O) groups is 2. The highest BCUT2D eigenvalue weighted by Gasteiger charge is 2.12. The molecule has 1 rings (SSSR count). The van der Waals surface area contributed by atoms with Crippen LogP contribution in [0.1, 0.15) is 25.8 Å². The maximum Gasteiger partial charge on any atom is 0.242 e. The van der Waals surface area contributed by atoms with Crippen LogP contribution in [0, 0.1) is 0 Å². The standard InChI is InChI=1S/C14H20N2O2/c1-11(16-12(2)17)14(18)15-10-6-9-13-7-4-3-5-8-13/h3-5,7-8,11H,6,9-10H2,1-2H3,(H,15,18)(H,16,17). The first-order valence-electron chi connectivity index (χ1n) is 6.18. The molecule has 2 N–H and O–H groups in total. The van der Waals surface area contributed by atoms with Gasteiger partial charge in [0.25, 0.3) is 0 Å². The summed E-state index contributed by atoms with van der Waals surface area (Å²) in [4.78, 5) is 22.3. The normalized spacial score (nSPS) is 11.7. The molecule has 0 bridgehead atoms. The van der Waals surface area contributed by atoms with Crippen molar-refractivity contribution in [3.63, 3.8) is 0 Å². The Labute approximate surface area is 108 Å². The van der Waals surface area contributed by atoms with Gasteiger partial charge in [-0.05, 0) is 25.3 Å². The molecule has 2 amide bonds. The van der Waals surface area contributed by atoms with Crippen LogP contribution in [0.5, 0.6) is 0 Å². The maximum atomic E-state index is 11.6. The van der Waals surface area contributed by atoms with Gasteiger partial charge in [-0.1, -0.05) is 30.3 Å². The first-order chi connectivity index (χ1) is 8.59. The first-order valence-corrected chi connectivity index (χ1v) is 6.18. The van der Waals surface area contributed by atoms with Gasteiger partial charge in [0.15, 0.2) is 0 Å². The third kappa shape index (κ3) is 5.48. The van der Waals surface area contributed by atoms with E-state index >= 15 is 0 Å². The zero-order chi connectivity index (χ0) is 13.4. The summed E-state index contributed by atoms with van der Waals surface area (Å²) in [6.45, 7) is 3.70. The van der Waals surface area contributed by atoms with E-state index in [2.05, 4.69) is 22.8 Å². The van der Waals surface area contributed by atoms with E-state index in [0.29, 0.717) is 6.54 Å². The number of hydrogen-bond acceptors (Lipinski definition) is 2. The van der Waals surface area contributed by atoms with E-state index in [0.717, 1.165) is 12.8 Å². The van der Waals surface area contributed by atoms with Crippen LogP contribution < -0.4 is 10.6 Å². The Hall–Kier alpha value is -1.84. The summed E-state index contributed by atoms with van der Waals surface area (Å²) in [6, 6.07) is 9.67. The third-order valence-corrected chi connectivity index (χ3v) is 2.60. The highest BCUT2D eigenvalue weighted by atomic mass is 16.2. The van der Waals surface area contributed by atoms with Crippen molar-refractivity contribution >= 4 is 11.8 Å². The lowest BCUT2D eigenvalue weighted by Gasteiger charge is -2.12. The molecule has 0 aliphatic rings. The van der Waals surface area contributed by atoms with Crippen LogP contribution >= 0.6 is 0 Å². The van der Waals surface area contributed by atoms with E-state index in [-0.39, 0.29) is 11.8 Å². The van der Waals surface area contributed by atoms with Gasteiger partial charge in [0, 0.05) is 13.5 Å². The molecule has 1 atom stereocenters. The fraction of sp³-hybridized carbons (Fsp3) is 0.429. The van der Waals surface area contributed by atoms with Crippen LogP contribution in [0.15, 0.2) is 30.3 Å². The van der Waals surface area contributed by atoms with E-state index in [1.165, 1.54) is 12.5 Å². The molecule has 4 heteroatoms. The number of aryl methyl sites for hydroxylation is 1. The summed E-state index contributed by atoms with van der Waals surface area (Å²) in [7, 11) is 0. The monoisotopic (exact) mass is 248 g/mol. The van der Waals surface area contributed by atoms with E-state index in [1.807, 2.05) is 18.2 Å². The van der Waals surface area contributed by atoms with Crippen molar-refractivity contribution in [2.45, 2.75) is 32.7 Å². The Morgan fingerprint density at radius 1 is 1.22 bits per heavy atom. The number of carbonyl (C=O) groups excluding carboxylic acids is 2. The molecule has 18 heavy (non-hydrogen) atoms. The lowest BCUT2D eigenvalue weighted by atomic mass is 10.1. The van der Waals surface area contributed by atoms with Crippen LogP contribution in [-0.4, -0.2) is 24.4 Å². The smallest absolute Gasteiger partial charge is 0.242 e. The van der Waals surface area contributed by atoms with Crippen LogP contribution in [0.3, 0.4) is 0 Å². The Morgan fingerprint density at radius 2 is 1.89 bits per heavy atom. The maximum absolute atomic E-state index is 11.6. The van der Waals surface area contributed by atoms with Gasteiger partial charge in [-0.15, -0.1) is 0 Å². The second-order valence-electron chi connectivity index (χ2n) is 4.30. The van der Waals surface area contributed by atoms with Crippen LogP contribution in [0.2, 0.25) is 0 Å². The van der Waals surface area contributed by atoms with E-state index in [9.17, 15) is 9.59 Å².